The van der Waals surface area contributed by atoms with Gasteiger partial charge in [-0.1, -0.05) is 24.6 Å². The highest BCUT2D eigenvalue weighted by Gasteiger charge is 2.05. The molecule has 2 rings (SSSR count). The number of rotatable bonds is 1. The van der Waals surface area contributed by atoms with Gasteiger partial charge < -0.3 is 0 Å². The van der Waals surface area contributed by atoms with Crippen molar-refractivity contribution in [2.24, 2.45) is 0 Å². The molecule has 0 aliphatic carbocycles. The summed E-state index contributed by atoms with van der Waals surface area (Å²) in [6.07, 6.45) is 1.07. The molecule has 0 aliphatic rings. The summed E-state index contributed by atoms with van der Waals surface area (Å²) in [5.41, 5.74) is 0. The first kappa shape index (κ1) is 9.38. The van der Waals surface area contributed by atoms with Crippen molar-refractivity contribution in [2.45, 2.75) is 18.2 Å². The second-order valence-electron chi connectivity index (χ2n) is 2.88. The van der Waals surface area contributed by atoms with Gasteiger partial charge in [0.05, 0.1) is 5.02 Å². The lowest BCUT2D eigenvalue weighted by atomic mass is 10.2. The molecule has 0 amide bonds. The van der Waals surface area contributed by atoms with Crippen molar-refractivity contribution < 1.29 is 0 Å². The monoisotopic (exact) mass is 228 g/mol. The first-order chi connectivity index (χ1) is 6.22. The smallest absolute Gasteiger partial charge is 0.0554 e. The van der Waals surface area contributed by atoms with Crippen molar-refractivity contribution in [3.05, 3.63) is 28.1 Å². The molecule has 0 spiro atoms. The molecule has 0 fully saturated rings. The van der Waals surface area contributed by atoms with Crippen LogP contribution >= 0.6 is 35.6 Å². The Morgan fingerprint density at radius 1 is 1.46 bits per heavy atom. The van der Waals surface area contributed by atoms with Crippen molar-refractivity contribution in [3.63, 3.8) is 0 Å². The van der Waals surface area contributed by atoms with Gasteiger partial charge in [-0.25, -0.2) is 0 Å². The zero-order chi connectivity index (χ0) is 9.42. The van der Waals surface area contributed by atoms with Gasteiger partial charge in [-0.2, -0.15) is 0 Å². The van der Waals surface area contributed by atoms with Gasteiger partial charge in [0.15, 0.2) is 0 Å². The highest BCUT2D eigenvalue weighted by atomic mass is 35.5. The van der Waals surface area contributed by atoms with E-state index >= 15 is 0 Å². The van der Waals surface area contributed by atoms with Crippen molar-refractivity contribution in [1.82, 2.24) is 0 Å². The Morgan fingerprint density at radius 3 is 2.92 bits per heavy atom. The van der Waals surface area contributed by atoms with E-state index in [2.05, 4.69) is 25.6 Å². The van der Waals surface area contributed by atoms with E-state index in [1.54, 1.807) is 11.3 Å². The highest BCUT2D eigenvalue weighted by molar-refractivity contribution is 7.81. The van der Waals surface area contributed by atoms with Crippen LogP contribution < -0.4 is 0 Å². The van der Waals surface area contributed by atoms with Crippen LogP contribution in [0.5, 0.6) is 0 Å². The molecule has 0 bridgehead atoms. The number of fused-ring (bicyclic) bond motifs is 1. The van der Waals surface area contributed by atoms with Crippen LogP contribution in [0.3, 0.4) is 0 Å². The van der Waals surface area contributed by atoms with E-state index < -0.39 is 0 Å². The van der Waals surface area contributed by atoms with Gasteiger partial charge in [-0.05, 0) is 23.9 Å². The molecule has 0 nitrogen and oxygen atoms in total. The Balaban J connectivity index is 2.76. The molecular weight excluding hydrogens is 220 g/mol. The van der Waals surface area contributed by atoms with Crippen molar-refractivity contribution in [2.75, 3.05) is 0 Å². The lowest BCUT2D eigenvalue weighted by Crippen LogP contribution is -1.68. The van der Waals surface area contributed by atoms with E-state index in [0.717, 1.165) is 16.3 Å². The zero-order valence-corrected chi connectivity index (χ0v) is 9.64. The first-order valence-corrected chi connectivity index (χ1v) is 5.76. The van der Waals surface area contributed by atoms with Gasteiger partial charge in [0.1, 0.15) is 0 Å². The SMILES string of the molecule is CCc1cc2ccc(Cl)c(S)c2s1. The van der Waals surface area contributed by atoms with Crippen LogP contribution in [0.1, 0.15) is 11.8 Å². The Bertz CT molecular complexity index is 445. The molecule has 0 atom stereocenters. The van der Waals surface area contributed by atoms with Gasteiger partial charge in [0.25, 0.3) is 0 Å². The molecule has 1 aromatic carbocycles. The fourth-order valence-electron chi connectivity index (χ4n) is 1.29. The van der Waals surface area contributed by atoms with E-state index in [4.69, 9.17) is 11.6 Å². The summed E-state index contributed by atoms with van der Waals surface area (Å²) >= 11 is 12.1. The van der Waals surface area contributed by atoms with Crippen LogP contribution in [0.4, 0.5) is 0 Å². The predicted octanol–water partition coefficient (Wildman–Crippen LogP) is 4.41. The normalized spacial score (nSPS) is 11.0. The van der Waals surface area contributed by atoms with Crippen molar-refractivity contribution in [3.8, 4) is 0 Å². The van der Waals surface area contributed by atoms with Gasteiger partial charge >= 0.3 is 0 Å². The minimum Gasteiger partial charge on any atom is -0.140 e. The third-order valence-electron chi connectivity index (χ3n) is 2.01. The number of hydrogen-bond donors (Lipinski definition) is 1. The summed E-state index contributed by atoms with van der Waals surface area (Å²) in [4.78, 5) is 2.29. The van der Waals surface area contributed by atoms with E-state index in [1.165, 1.54) is 15.0 Å². The predicted molar refractivity (Wildman–Crippen MR) is 63.5 cm³/mol. The maximum atomic E-state index is 5.97. The van der Waals surface area contributed by atoms with Crippen LogP contribution in [-0.4, -0.2) is 0 Å². The Labute approximate surface area is 91.9 Å². The first-order valence-electron chi connectivity index (χ1n) is 4.12. The van der Waals surface area contributed by atoms with Gasteiger partial charge in [0, 0.05) is 14.5 Å². The molecule has 0 radical (unpaired) electrons. The molecular formula is C10H9ClS2. The summed E-state index contributed by atoms with van der Waals surface area (Å²) in [7, 11) is 0. The fourth-order valence-corrected chi connectivity index (χ4v) is 2.89. The number of benzene rings is 1. The molecule has 13 heavy (non-hydrogen) atoms. The van der Waals surface area contributed by atoms with E-state index in [1.807, 2.05) is 12.1 Å². The molecule has 2 aromatic rings. The molecule has 0 N–H and O–H groups in total. The topological polar surface area (TPSA) is 0 Å². The molecule has 0 saturated heterocycles. The summed E-state index contributed by atoms with van der Waals surface area (Å²) < 4.78 is 1.20. The van der Waals surface area contributed by atoms with E-state index in [9.17, 15) is 0 Å². The molecule has 68 valence electrons. The van der Waals surface area contributed by atoms with Crippen LogP contribution in [-0.2, 0) is 6.42 Å². The number of thiol groups is 1. The highest BCUT2D eigenvalue weighted by Crippen LogP contribution is 2.35. The van der Waals surface area contributed by atoms with Gasteiger partial charge in [0.2, 0.25) is 0 Å². The molecule has 1 aromatic heterocycles. The number of aryl methyl sites for hydroxylation is 1. The summed E-state index contributed by atoms with van der Waals surface area (Å²) in [5, 5.41) is 1.98. The van der Waals surface area contributed by atoms with E-state index in [0.29, 0.717) is 0 Å². The molecule has 0 aliphatic heterocycles. The van der Waals surface area contributed by atoms with Crippen molar-refractivity contribution >= 4 is 45.7 Å². The second kappa shape index (κ2) is 3.52. The third kappa shape index (κ3) is 1.58. The largest absolute Gasteiger partial charge is 0.140 e. The maximum Gasteiger partial charge on any atom is 0.0554 e. The molecule has 3 heteroatoms. The number of halogens is 1. The summed E-state index contributed by atoms with van der Waals surface area (Å²) in [6, 6.07) is 6.15. The minimum absolute atomic E-state index is 0.736. The van der Waals surface area contributed by atoms with Crippen LogP contribution in [0, 0.1) is 0 Å². The van der Waals surface area contributed by atoms with Crippen LogP contribution in [0.15, 0.2) is 23.1 Å². The zero-order valence-electron chi connectivity index (χ0n) is 7.17. The maximum absolute atomic E-state index is 5.97. The number of hydrogen-bond acceptors (Lipinski definition) is 2. The average Bonchev–Trinajstić information content (AvgIpc) is 2.55. The molecule has 1 heterocycles. The Morgan fingerprint density at radius 2 is 2.23 bits per heavy atom. The standard InChI is InChI=1S/C10H9ClS2/c1-2-7-5-6-3-4-8(11)9(12)10(6)13-7/h3-5,12H,2H2,1H3. The summed E-state index contributed by atoms with van der Waals surface area (Å²) in [6.45, 7) is 2.16. The molecule has 0 saturated carbocycles. The van der Waals surface area contributed by atoms with E-state index in [-0.39, 0.29) is 0 Å². The number of thiophene rings is 1. The van der Waals surface area contributed by atoms with Crippen LogP contribution in [0.2, 0.25) is 5.02 Å². The Hall–Kier alpha value is -0.180. The van der Waals surface area contributed by atoms with Crippen molar-refractivity contribution in [1.29, 1.82) is 0 Å². The quantitative estimate of drug-likeness (QED) is 0.687. The lowest BCUT2D eigenvalue weighted by Gasteiger charge is -1.96. The third-order valence-corrected chi connectivity index (χ3v) is 4.39. The van der Waals surface area contributed by atoms with Gasteiger partial charge in [-0.15, -0.1) is 24.0 Å². The summed E-state index contributed by atoms with van der Waals surface area (Å²) in [5.74, 6) is 0. The Kier molecular flexibility index (Phi) is 2.54. The fraction of sp³-hybridized carbons (Fsp3) is 0.200. The lowest BCUT2D eigenvalue weighted by molar-refractivity contribution is 1.19. The minimum atomic E-state index is 0.736. The van der Waals surface area contributed by atoms with Gasteiger partial charge in [-0.3, -0.25) is 0 Å². The van der Waals surface area contributed by atoms with Crippen LogP contribution in [0.25, 0.3) is 10.1 Å². The second-order valence-corrected chi connectivity index (χ2v) is 4.87. The average molecular weight is 229 g/mol. The molecule has 0 unspecified atom stereocenters.